The average molecular weight is 357 g/mol. The molecule has 0 aromatic heterocycles. The Kier molecular flexibility index (Phi) is 7.64. The lowest BCUT2D eigenvalue weighted by Gasteiger charge is -2.23. The molecule has 5 nitrogen and oxygen atoms in total. The Balaban J connectivity index is 2.46. The fraction of sp³-hybridized carbons (Fsp3) is 0.500. The van der Waals surface area contributed by atoms with Crippen molar-refractivity contribution >= 4 is 35.1 Å². The molecule has 0 radical (unpaired) electrons. The molecule has 0 aliphatic rings. The highest BCUT2D eigenvalue weighted by molar-refractivity contribution is 7.98. The van der Waals surface area contributed by atoms with E-state index in [0.29, 0.717) is 5.75 Å². The number of thioether (sulfide) groups is 1. The van der Waals surface area contributed by atoms with Crippen LogP contribution in [0.3, 0.4) is 0 Å². The first-order valence-electron chi connectivity index (χ1n) is 7.21. The Bertz CT molecular complexity index is 527. The predicted octanol–water partition coefficient (Wildman–Crippen LogP) is 3.11. The van der Waals surface area contributed by atoms with E-state index in [-0.39, 0.29) is 4.99 Å². The number of methoxy groups -OCH3 is 1. The Hall–Kier alpha value is -1.47. The molecule has 1 aromatic rings. The molecule has 23 heavy (non-hydrogen) atoms. The smallest absolute Gasteiger partial charge is 0.408 e. The van der Waals surface area contributed by atoms with Crippen LogP contribution < -0.4 is 15.8 Å². The number of amides is 1. The molecule has 1 aromatic carbocycles. The summed E-state index contributed by atoms with van der Waals surface area (Å²) in [5, 5.41) is 2.71. The summed E-state index contributed by atoms with van der Waals surface area (Å²) in [4.78, 5) is 12.1. The van der Waals surface area contributed by atoms with Crippen molar-refractivity contribution in [3.63, 3.8) is 0 Å². The zero-order chi connectivity index (χ0) is 17.5. The maximum atomic E-state index is 11.8. The van der Waals surface area contributed by atoms with Crippen LogP contribution in [0.4, 0.5) is 4.79 Å². The van der Waals surface area contributed by atoms with E-state index in [4.69, 9.17) is 27.4 Å². The number of nitrogens with two attached hydrogens (primary N) is 1. The summed E-state index contributed by atoms with van der Waals surface area (Å²) in [6.07, 6.45) is -0.514. The van der Waals surface area contributed by atoms with Gasteiger partial charge >= 0.3 is 6.09 Å². The van der Waals surface area contributed by atoms with Crippen LogP contribution in [0.2, 0.25) is 0 Å². The SMILES string of the molecule is COc1ccc(CSC[C@H](NC(=O)OC(C)(C)C)C(N)=S)cc1. The molecule has 0 bridgehead atoms. The minimum atomic E-state index is -0.554. The first-order chi connectivity index (χ1) is 10.7. The monoisotopic (exact) mass is 356 g/mol. The van der Waals surface area contributed by atoms with Gasteiger partial charge in [-0.1, -0.05) is 24.4 Å². The molecule has 1 atom stereocenters. The van der Waals surface area contributed by atoms with Crippen LogP contribution in [0.25, 0.3) is 0 Å². The van der Waals surface area contributed by atoms with Crippen LogP contribution in [0, 0.1) is 0 Å². The zero-order valence-electron chi connectivity index (χ0n) is 13.9. The Morgan fingerprint density at radius 3 is 2.43 bits per heavy atom. The third kappa shape index (κ3) is 8.08. The van der Waals surface area contributed by atoms with Gasteiger partial charge in [0.1, 0.15) is 11.4 Å². The number of alkyl carbamates (subject to hydrolysis) is 1. The van der Waals surface area contributed by atoms with Crippen LogP contribution in [-0.4, -0.2) is 35.6 Å². The van der Waals surface area contributed by atoms with Crippen LogP contribution in [0.5, 0.6) is 5.75 Å². The number of carbonyl (C=O) groups is 1. The van der Waals surface area contributed by atoms with E-state index in [1.807, 2.05) is 24.3 Å². The number of ether oxygens (including phenoxy) is 2. The van der Waals surface area contributed by atoms with E-state index in [2.05, 4.69) is 5.32 Å². The first-order valence-corrected chi connectivity index (χ1v) is 8.77. The van der Waals surface area contributed by atoms with Crippen molar-refractivity contribution in [2.75, 3.05) is 12.9 Å². The van der Waals surface area contributed by atoms with Gasteiger partial charge in [0.25, 0.3) is 0 Å². The van der Waals surface area contributed by atoms with Gasteiger partial charge in [-0.25, -0.2) is 4.79 Å². The fourth-order valence-corrected chi connectivity index (χ4v) is 2.95. The van der Waals surface area contributed by atoms with E-state index in [1.165, 1.54) is 0 Å². The van der Waals surface area contributed by atoms with E-state index >= 15 is 0 Å². The normalized spacial score (nSPS) is 12.3. The highest BCUT2D eigenvalue weighted by Gasteiger charge is 2.20. The second-order valence-corrected chi connectivity index (χ2v) is 7.47. The van der Waals surface area contributed by atoms with E-state index in [0.717, 1.165) is 17.1 Å². The summed E-state index contributed by atoms with van der Waals surface area (Å²) in [6, 6.07) is 7.44. The number of rotatable bonds is 7. The van der Waals surface area contributed by atoms with Crippen LogP contribution in [0.15, 0.2) is 24.3 Å². The topological polar surface area (TPSA) is 73.6 Å². The minimum Gasteiger partial charge on any atom is -0.497 e. The fourth-order valence-electron chi connectivity index (χ4n) is 1.66. The number of thiocarbonyl (C=S) groups is 1. The molecule has 1 amide bonds. The molecular weight excluding hydrogens is 332 g/mol. The molecule has 0 aliphatic carbocycles. The van der Waals surface area contributed by atoms with Gasteiger partial charge in [-0.15, -0.1) is 0 Å². The molecule has 7 heteroatoms. The summed E-state index contributed by atoms with van der Waals surface area (Å²) in [5.41, 5.74) is 6.30. The van der Waals surface area contributed by atoms with Crippen molar-refractivity contribution in [2.45, 2.75) is 38.2 Å². The van der Waals surface area contributed by atoms with Gasteiger partial charge in [0.05, 0.1) is 18.1 Å². The summed E-state index contributed by atoms with van der Waals surface area (Å²) in [7, 11) is 1.64. The summed E-state index contributed by atoms with van der Waals surface area (Å²) >= 11 is 6.65. The Morgan fingerprint density at radius 2 is 1.96 bits per heavy atom. The number of benzene rings is 1. The number of hydrogen-bond donors (Lipinski definition) is 2. The van der Waals surface area contributed by atoms with Crippen molar-refractivity contribution < 1.29 is 14.3 Å². The minimum absolute atomic E-state index is 0.248. The molecule has 0 unspecified atom stereocenters. The highest BCUT2D eigenvalue weighted by Crippen LogP contribution is 2.17. The van der Waals surface area contributed by atoms with Crippen LogP contribution in [-0.2, 0) is 10.5 Å². The maximum Gasteiger partial charge on any atom is 0.408 e. The maximum absolute atomic E-state index is 11.8. The van der Waals surface area contributed by atoms with Crippen LogP contribution in [0.1, 0.15) is 26.3 Å². The highest BCUT2D eigenvalue weighted by atomic mass is 32.2. The number of carbonyl (C=O) groups excluding carboxylic acids is 1. The predicted molar refractivity (Wildman–Crippen MR) is 99.1 cm³/mol. The molecule has 0 spiro atoms. The summed E-state index contributed by atoms with van der Waals surface area (Å²) in [6.45, 7) is 5.42. The second kappa shape index (κ2) is 8.98. The molecule has 3 N–H and O–H groups in total. The van der Waals surface area contributed by atoms with Gasteiger partial charge in [0.2, 0.25) is 0 Å². The molecule has 0 saturated carbocycles. The molecular formula is C16H24N2O3S2. The molecule has 0 heterocycles. The lowest BCUT2D eigenvalue weighted by molar-refractivity contribution is 0.0522. The van der Waals surface area contributed by atoms with E-state index in [9.17, 15) is 4.79 Å². The van der Waals surface area contributed by atoms with Crippen molar-refractivity contribution in [1.82, 2.24) is 5.32 Å². The quantitative estimate of drug-likeness (QED) is 0.731. The standard InChI is InChI=1S/C16H24N2O3S2/c1-16(2,3)21-15(19)18-13(14(17)22)10-23-9-11-5-7-12(20-4)8-6-11/h5-8,13H,9-10H2,1-4H3,(H2,17,22)(H,18,19)/t13-/m0/s1. The van der Waals surface area contributed by atoms with Gasteiger partial charge in [0, 0.05) is 11.5 Å². The molecule has 0 aliphatic heterocycles. The Labute approximate surface area is 147 Å². The van der Waals surface area contributed by atoms with E-state index in [1.54, 1.807) is 39.6 Å². The second-order valence-electron chi connectivity index (χ2n) is 5.96. The zero-order valence-corrected chi connectivity index (χ0v) is 15.6. The summed E-state index contributed by atoms with van der Waals surface area (Å²) < 4.78 is 10.3. The molecule has 0 saturated heterocycles. The largest absolute Gasteiger partial charge is 0.497 e. The third-order valence-corrected chi connectivity index (χ3v) is 4.14. The van der Waals surface area contributed by atoms with Crippen molar-refractivity contribution in [3.05, 3.63) is 29.8 Å². The lowest BCUT2D eigenvalue weighted by atomic mass is 10.2. The van der Waals surface area contributed by atoms with Crippen LogP contribution >= 0.6 is 24.0 Å². The lowest BCUT2D eigenvalue weighted by Crippen LogP contribution is -2.47. The van der Waals surface area contributed by atoms with Gasteiger partial charge < -0.3 is 20.5 Å². The van der Waals surface area contributed by atoms with E-state index < -0.39 is 17.7 Å². The molecule has 128 valence electrons. The van der Waals surface area contributed by atoms with Gasteiger partial charge in [0.15, 0.2) is 0 Å². The third-order valence-electron chi connectivity index (χ3n) is 2.75. The molecule has 1 rings (SSSR count). The molecule has 0 fully saturated rings. The number of nitrogens with one attached hydrogen (secondary N) is 1. The van der Waals surface area contributed by atoms with Crippen molar-refractivity contribution in [2.24, 2.45) is 5.73 Å². The van der Waals surface area contributed by atoms with Crippen molar-refractivity contribution in [1.29, 1.82) is 0 Å². The van der Waals surface area contributed by atoms with Gasteiger partial charge in [-0.3, -0.25) is 0 Å². The van der Waals surface area contributed by atoms with Crippen molar-refractivity contribution in [3.8, 4) is 5.75 Å². The Morgan fingerprint density at radius 1 is 1.35 bits per heavy atom. The first kappa shape index (κ1) is 19.6. The van der Waals surface area contributed by atoms with Gasteiger partial charge in [-0.2, -0.15) is 11.8 Å². The summed E-state index contributed by atoms with van der Waals surface area (Å²) in [5.74, 6) is 2.20. The van der Waals surface area contributed by atoms with Gasteiger partial charge in [-0.05, 0) is 38.5 Å². The number of hydrogen-bond acceptors (Lipinski definition) is 5. The average Bonchev–Trinajstić information content (AvgIpc) is 2.44.